The summed E-state index contributed by atoms with van der Waals surface area (Å²) in [5.41, 5.74) is 1.85. The van der Waals surface area contributed by atoms with E-state index in [2.05, 4.69) is 5.32 Å². The largest absolute Gasteiger partial charge is 0.484 e. The Kier molecular flexibility index (Phi) is 7.44. The van der Waals surface area contributed by atoms with E-state index in [1.54, 1.807) is 19.1 Å². The lowest BCUT2D eigenvalue weighted by Gasteiger charge is -2.29. The van der Waals surface area contributed by atoms with Crippen LogP contribution in [-0.2, 0) is 16.1 Å². The second-order valence-electron chi connectivity index (χ2n) is 7.92. The zero-order valence-electron chi connectivity index (χ0n) is 17.6. The maximum Gasteiger partial charge on any atom is 0.261 e. The predicted octanol–water partition coefficient (Wildman–Crippen LogP) is 3.99. The number of benzene rings is 2. The Morgan fingerprint density at radius 1 is 1.10 bits per heavy atom. The quantitative estimate of drug-likeness (QED) is 0.713. The van der Waals surface area contributed by atoms with Crippen molar-refractivity contribution in [3.8, 4) is 5.75 Å². The van der Waals surface area contributed by atoms with Gasteiger partial charge in [-0.1, -0.05) is 42.7 Å². The van der Waals surface area contributed by atoms with Crippen molar-refractivity contribution in [2.45, 2.75) is 58.2 Å². The molecule has 0 heterocycles. The molecule has 3 rings (SSSR count). The van der Waals surface area contributed by atoms with Crippen LogP contribution < -0.4 is 10.1 Å². The van der Waals surface area contributed by atoms with Crippen molar-refractivity contribution < 1.29 is 18.7 Å². The second-order valence-corrected chi connectivity index (χ2v) is 7.92. The molecule has 1 fully saturated rings. The van der Waals surface area contributed by atoms with Gasteiger partial charge in [-0.05, 0) is 56.5 Å². The van der Waals surface area contributed by atoms with Crippen LogP contribution >= 0.6 is 0 Å². The third-order valence-corrected chi connectivity index (χ3v) is 5.52. The molecule has 1 saturated carbocycles. The molecule has 6 heteroatoms. The molecule has 0 aromatic heterocycles. The van der Waals surface area contributed by atoms with Gasteiger partial charge in [-0.25, -0.2) is 4.39 Å². The second kappa shape index (κ2) is 10.2. The monoisotopic (exact) mass is 412 g/mol. The third-order valence-electron chi connectivity index (χ3n) is 5.52. The molecule has 30 heavy (non-hydrogen) atoms. The molecular formula is C24H29FN2O3. The first-order valence-corrected chi connectivity index (χ1v) is 10.5. The molecule has 2 aromatic rings. The maximum absolute atomic E-state index is 13.3. The zero-order valence-corrected chi connectivity index (χ0v) is 17.6. The molecule has 1 unspecified atom stereocenters. The van der Waals surface area contributed by atoms with Crippen LogP contribution in [-0.4, -0.2) is 35.4 Å². The summed E-state index contributed by atoms with van der Waals surface area (Å²) in [6.07, 6.45) is 4.17. The van der Waals surface area contributed by atoms with Gasteiger partial charge in [0, 0.05) is 12.6 Å². The van der Waals surface area contributed by atoms with E-state index in [0.29, 0.717) is 5.75 Å². The van der Waals surface area contributed by atoms with Gasteiger partial charge in [0.05, 0.1) is 0 Å². The normalized spacial score (nSPS) is 14.9. The summed E-state index contributed by atoms with van der Waals surface area (Å²) >= 11 is 0. The van der Waals surface area contributed by atoms with Crippen molar-refractivity contribution >= 4 is 11.8 Å². The molecule has 0 bridgehead atoms. The molecule has 2 amide bonds. The number of rotatable bonds is 8. The van der Waals surface area contributed by atoms with Crippen LogP contribution in [0.15, 0.2) is 48.5 Å². The van der Waals surface area contributed by atoms with E-state index < -0.39 is 6.04 Å². The first kappa shape index (κ1) is 21.8. The minimum Gasteiger partial charge on any atom is -0.484 e. The molecule has 2 aromatic carbocycles. The summed E-state index contributed by atoms with van der Waals surface area (Å²) in [5, 5.41) is 3.06. The van der Waals surface area contributed by atoms with Gasteiger partial charge in [-0.15, -0.1) is 0 Å². The first-order valence-electron chi connectivity index (χ1n) is 10.5. The number of hydrogen-bond donors (Lipinski definition) is 1. The third kappa shape index (κ3) is 6.05. The molecular weight excluding hydrogens is 383 g/mol. The molecule has 160 valence electrons. The first-order chi connectivity index (χ1) is 14.4. The van der Waals surface area contributed by atoms with Crippen LogP contribution in [0.1, 0.15) is 43.7 Å². The standard InChI is InChI=1S/C24H29FN2O3/c1-17-7-13-22(14-8-17)30-16-23(28)27(15-19-9-11-20(25)12-10-19)18(2)24(29)26-21-5-3-4-6-21/h7-14,18,21H,3-6,15-16H2,1-2H3,(H,26,29). The molecule has 1 aliphatic rings. The number of carbonyl (C=O) groups is 2. The summed E-state index contributed by atoms with van der Waals surface area (Å²) in [6.45, 7) is 3.72. The Morgan fingerprint density at radius 2 is 1.73 bits per heavy atom. The number of hydrogen-bond acceptors (Lipinski definition) is 3. The van der Waals surface area contributed by atoms with Crippen LogP contribution in [0.2, 0.25) is 0 Å². The van der Waals surface area contributed by atoms with Crippen molar-refractivity contribution in [1.29, 1.82) is 0 Å². The number of halogens is 1. The fourth-order valence-corrected chi connectivity index (χ4v) is 3.62. The number of nitrogens with one attached hydrogen (secondary N) is 1. The Bertz CT molecular complexity index is 846. The van der Waals surface area contributed by atoms with Crippen molar-refractivity contribution in [3.63, 3.8) is 0 Å². The minimum atomic E-state index is -0.662. The van der Waals surface area contributed by atoms with Crippen molar-refractivity contribution in [2.24, 2.45) is 0 Å². The summed E-state index contributed by atoms with van der Waals surface area (Å²) < 4.78 is 18.9. The van der Waals surface area contributed by atoms with Crippen molar-refractivity contribution in [1.82, 2.24) is 10.2 Å². The van der Waals surface area contributed by atoms with Crippen molar-refractivity contribution in [2.75, 3.05) is 6.61 Å². The minimum absolute atomic E-state index is 0.173. The highest BCUT2D eigenvalue weighted by Crippen LogP contribution is 2.19. The van der Waals surface area contributed by atoms with E-state index in [1.165, 1.54) is 17.0 Å². The lowest BCUT2D eigenvalue weighted by molar-refractivity contribution is -0.142. The van der Waals surface area contributed by atoms with Gasteiger partial charge in [0.25, 0.3) is 5.91 Å². The van der Waals surface area contributed by atoms with Crippen LogP contribution in [0.5, 0.6) is 5.75 Å². The number of carbonyl (C=O) groups excluding carboxylic acids is 2. The SMILES string of the molecule is Cc1ccc(OCC(=O)N(Cc2ccc(F)cc2)C(C)C(=O)NC2CCCC2)cc1. The number of ether oxygens (including phenoxy) is 1. The van der Waals surface area contributed by atoms with E-state index in [4.69, 9.17) is 4.74 Å². The molecule has 1 atom stereocenters. The molecule has 1 aliphatic carbocycles. The van der Waals surface area contributed by atoms with Crippen molar-refractivity contribution in [3.05, 3.63) is 65.5 Å². The molecule has 0 aliphatic heterocycles. The van der Waals surface area contributed by atoms with Gasteiger partial charge in [-0.3, -0.25) is 9.59 Å². The van der Waals surface area contributed by atoms with E-state index in [-0.39, 0.29) is 36.8 Å². The highest BCUT2D eigenvalue weighted by Gasteiger charge is 2.28. The van der Waals surface area contributed by atoms with Crippen LogP contribution in [0.4, 0.5) is 4.39 Å². The number of nitrogens with zero attached hydrogens (tertiary/aromatic N) is 1. The highest BCUT2D eigenvalue weighted by atomic mass is 19.1. The van der Waals surface area contributed by atoms with E-state index in [1.807, 2.05) is 31.2 Å². The van der Waals surface area contributed by atoms with Gasteiger partial charge in [0.1, 0.15) is 17.6 Å². The van der Waals surface area contributed by atoms with Crippen LogP contribution in [0.25, 0.3) is 0 Å². The molecule has 0 radical (unpaired) electrons. The van der Waals surface area contributed by atoms with E-state index in [9.17, 15) is 14.0 Å². The Labute approximate surface area is 177 Å². The van der Waals surface area contributed by atoms with Gasteiger partial charge < -0.3 is 15.0 Å². The van der Waals surface area contributed by atoms with Crippen LogP contribution in [0.3, 0.4) is 0 Å². The topological polar surface area (TPSA) is 58.6 Å². The molecule has 0 saturated heterocycles. The summed E-state index contributed by atoms with van der Waals surface area (Å²) in [6, 6.07) is 12.9. The van der Waals surface area contributed by atoms with Crippen LogP contribution in [0, 0.1) is 12.7 Å². The summed E-state index contributed by atoms with van der Waals surface area (Å²) in [4.78, 5) is 27.3. The predicted molar refractivity (Wildman–Crippen MR) is 113 cm³/mol. The average molecular weight is 413 g/mol. The fraction of sp³-hybridized carbons (Fsp3) is 0.417. The Balaban J connectivity index is 1.69. The Morgan fingerprint density at radius 3 is 2.37 bits per heavy atom. The van der Waals surface area contributed by atoms with Gasteiger partial charge in [0.2, 0.25) is 5.91 Å². The van der Waals surface area contributed by atoms with Gasteiger partial charge in [-0.2, -0.15) is 0 Å². The Hall–Kier alpha value is -2.89. The maximum atomic E-state index is 13.3. The van der Waals surface area contributed by atoms with Gasteiger partial charge >= 0.3 is 0 Å². The molecule has 5 nitrogen and oxygen atoms in total. The van der Waals surface area contributed by atoms with E-state index in [0.717, 1.165) is 36.8 Å². The smallest absolute Gasteiger partial charge is 0.261 e. The summed E-state index contributed by atoms with van der Waals surface area (Å²) in [7, 11) is 0. The lowest BCUT2D eigenvalue weighted by Crippen LogP contribution is -2.50. The molecule has 1 N–H and O–H groups in total. The van der Waals surface area contributed by atoms with E-state index >= 15 is 0 Å². The molecule has 0 spiro atoms. The number of aryl methyl sites for hydroxylation is 1. The number of amides is 2. The zero-order chi connectivity index (χ0) is 21.5. The fourth-order valence-electron chi connectivity index (χ4n) is 3.62. The van der Waals surface area contributed by atoms with Gasteiger partial charge in [0.15, 0.2) is 6.61 Å². The average Bonchev–Trinajstić information content (AvgIpc) is 3.25. The highest BCUT2D eigenvalue weighted by molar-refractivity contribution is 5.88. The lowest BCUT2D eigenvalue weighted by atomic mass is 10.1. The summed E-state index contributed by atoms with van der Waals surface area (Å²) in [5.74, 6) is -0.216.